The molecular weight excluding hydrogens is 252 g/mol. The fourth-order valence-corrected chi connectivity index (χ4v) is 2.34. The molecule has 0 aliphatic heterocycles. The molecule has 0 fully saturated rings. The van der Waals surface area contributed by atoms with Gasteiger partial charge in [-0.3, -0.25) is 14.3 Å². The van der Waals surface area contributed by atoms with E-state index in [0.29, 0.717) is 12.1 Å². The molecule has 102 valence electrons. The predicted molar refractivity (Wildman–Crippen MR) is 74.6 cm³/mol. The third-order valence-electron chi connectivity index (χ3n) is 2.99. The molecule has 0 saturated heterocycles. The molecule has 18 heavy (non-hydrogen) atoms. The third kappa shape index (κ3) is 3.48. The minimum absolute atomic E-state index is 0.00346. The quantitative estimate of drug-likeness (QED) is 0.639. The number of hydrogen-bond donors (Lipinski definition) is 1. The van der Waals surface area contributed by atoms with Gasteiger partial charge in [0.15, 0.2) is 0 Å². The highest BCUT2D eigenvalue weighted by Crippen LogP contribution is 2.16. The molecule has 0 saturated carbocycles. The second-order valence-corrected chi connectivity index (χ2v) is 5.21. The zero-order valence-electron chi connectivity index (χ0n) is 11.3. The highest BCUT2D eigenvalue weighted by molar-refractivity contribution is 6.30. The molecule has 0 bridgehead atoms. The van der Waals surface area contributed by atoms with Gasteiger partial charge in [0.05, 0.1) is 5.56 Å². The average molecular weight is 273 g/mol. The van der Waals surface area contributed by atoms with Crippen molar-refractivity contribution in [3.8, 4) is 0 Å². The standard InChI is InChI=1S/C13H21ClN2O2/c1-4-5-6-7-8-16-12(17)10(9(2)3)11(14)15-13(16)18/h9H,4-8H2,1-3H3,(H,15,18). The van der Waals surface area contributed by atoms with E-state index in [1.54, 1.807) is 0 Å². The van der Waals surface area contributed by atoms with E-state index in [0.717, 1.165) is 25.7 Å². The van der Waals surface area contributed by atoms with E-state index in [9.17, 15) is 9.59 Å². The van der Waals surface area contributed by atoms with Crippen LogP contribution in [-0.4, -0.2) is 9.55 Å². The largest absolute Gasteiger partial charge is 0.329 e. The van der Waals surface area contributed by atoms with Gasteiger partial charge in [0.2, 0.25) is 0 Å². The van der Waals surface area contributed by atoms with E-state index in [1.165, 1.54) is 4.57 Å². The number of unbranched alkanes of at least 4 members (excludes halogenated alkanes) is 3. The first kappa shape index (κ1) is 15.0. The first-order valence-corrected chi connectivity index (χ1v) is 6.89. The van der Waals surface area contributed by atoms with Crippen molar-refractivity contribution in [2.75, 3.05) is 0 Å². The molecule has 1 N–H and O–H groups in total. The van der Waals surface area contributed by atoms with Gasteiger partial charge in [0.1, 0.15) is 5.15 Å². The molecule has 5 heteroatoms. The van der Waals surface area contributed by atoms with Gasteiger partial charge in [-0.25, -0.2) is 4.79 Å². The van der Waals surface area contributed by atoms with Gasteiger partial charge in [-0.1, -0.05) is 51.6 Å². The highest BCUT2D eigenvalue weighted by Gasteiger charge is 2.15. The summed E-state index contributed by atoms with van der Waals surface area (Å²) in [5, 5.41) is 0.171. The summed E-state index contributed by atoms with van der Waals surface area (Å²) in [7, 11) is 0. The summed E-state index contributed by atoms with van der Waals surface area (Å²) >= 11 is 5.92. The highest BCUT2D eigenvalue weighted by atomic mass is 35.5. The van der Waals surface area contributed by atoms with Crippen LogP contribution < -0.4 is 11.2 Å². The van der Waals surface area contributed by atoms with Crippen LogP contribution >= 0.6 is 11.6 Å². The van der Waals surface area contributed by atoms with Crippen molar-refractivity contribution in [2.45, 2.75) is 58.9 Å². The Labute approximate surface area is 112 Å². The van der Waals surface area contributed by atoms with Gasteiger partial charge >= 0.3 is 5.69 Å². The maximum absolute atomic E-state index is 12.2. The van der Waals surface area contributed by atoms with E-state index < -0.39 is 5.69 Å². The molecule has 0 amide bonds. The number of rotatable bonds is 6. The van der Waals surface area contributed by atoms with Crippen molar-refractivity contribution < 1.29 is 0 Å². The van der Waals surface area contributed by atoms with E-state index in [2.05, 4.69) is 11.9 Å². The monoisotopic (exact) mass is 272 g/mol. The minimum Gasteiger partial charge on any atom is -0.297 e. The number of aromatic nitrogens is 2. The van der Waals surface area contributed by atoms with Gasteiger partial charge in [-0.05, 0) is 12.3 Å². The van der Waals surface area contributed by atoms with Crippen LogP contribution in [0.4, 0.5) is 0 Å². The molecule has 1 heterocycles. The number of hydrogen-bond acceptors (Lipinski definition) is 2. The van der Waals surface area contributed by atoms with E-state index in [1.807, 2.05) is 13.8 Å². The van der Waals surface area contributed by atoms with Crippen LogP contribution in [0, 0.1) is 0 Å². The van der Waals surface area contributed by atoms with E-state index in [4.69, 9.17) is 11.6 Å². The Morgan fingerprint density at radius 3 is 2.44 bits per heavy atom. The zero-order chi connectivity index (χ0) is 13.7. The van der Waals surface area contributed by atoms with Crippen molar-refractivity contribution >= 4 is 11.6 Å². The van der Waals surface area contributed by atoms with Crippen LogP contribution in [0.15, 0.2) is 9.59 Å². The molecule has 4 nitrogen and oxygen atoms in total. The van der Waals surface area contributed by atoms with E-state index in [-0.39, 0.29) is 16.6 Å². The van der Waals surface area contributed by atoms with Gasteiger partial charge < -0.3 is 0 Å². The van der Waals surface area contributed by atoms with Crippen molar-refractivity contribution in [1.82, 2.24) is 9.55 Å². The summed E-state index contributed by atoms with van der Waals surface area (Å²) < 4.78 is 1.26. The summed E-state index contributed by atoms with van der Waals surface area (Å²) in [6, 6.07) is 0. The predicted octanol–water partition coefficient (Wildman–Crippen LogP) is 2.89. The molecule has 0 aromatic carbocycles. The Balaban J connectivity index is 3.01. The summed E-state index contributed by atoms with van der Waals surface area (Å²) in [6.07, 6.45) is 4.12. The average Bonchev–Trinajstić information content (AvgIpc) is 2.26. The lowest BCUT2D eigenvalue weighted by Gasteiger charge is -2.11. The summed E-state index contributed by atoms with van der Waals surface area (Å²) in [5.41, 5.74) is -0.173. The lowest BCUT2D eigenvalue weighted by Crippen LogP contribution is -2.37. The summed E-state index contributed by atoms with van der Waals surface area (Å²) in [4.78, 5) is 26.4. The maximum Gasteiger partial charge on any atom is 0.329 e. The molecule has 1 aromatic heterocycles. The number of H-pyrrole nitrogens is 1. The van der Waals surface area contributed by atoms with Gasteiger partial charge in [-0.15, -0.1) is 0 Å². The second kappa shape index (κ2) is 6.78. The van der Waals surface area contributed by atoms with Crippen LogP contribution in [-0.2, 0) is 6.54 Å². The third-order valence-corrected chi connectivity index (χ3v) is 3.28. The van der Waals surface area contributed by atoms with Gasteiger partial charge in [0, 0.05) is 6.54 Å². The Hall–Kier alpha value is -1.03. The smallest absolute Gasteiger partial charge is 0.297 e. The van der Waals surface area contributed by atoms with Crippen LogP contribution in [0.1, 0.15) is 57.9 Å². The van der Waals surface area contributed by atoms with Crippen molar-refractivity contribution in [2.24, 2.45) is 0 Å². The van der Waals surface area contributed by atoms with Crippen LogP contribution in [0.3, 0.4) is 0 Å². The molecule has 0 spiro atoms. The number of nitrogens with one attached hydrogen (secondary N) is 1. The molecular formula is C13H21ClN2O2. The zero-order valence-corrected chi connectivity index (χ0v) is 12.0. The van der Waals surface area contributed by atoms with E-state index >= 15 is 0 Å². The lowest BCUT2D eigenvalue weighted by atomic mass is 10.1. The van der Waals surface area contributed by atoms with Crippen LogP contribution in [0.5, 0.6) is 0 Å². The molecule has 1 rings (SSSR count). The summed E-state index contributed by atoms with van der Waals surface area (Å²) in [6.45, 7) is 6.37. The van der Waals surface area contributed by atoms with Crippen LogP contribution in [0.25, 0.3) is 0 Å². The first-order chi connectivity index (χ1) is 8.49. The van der Waals surface area contributed by atoms with Crippen molar-refractivity contribution in [3.63, 3.8) is 0 Å². The minimum atomic E-state index is -0.411. The Bertz CT molecular complexity index is 503. The molecule has 0 radical (unpaired) electrons. The normalized spacial score (nSPS) is 11.2. The fraction of sp³-hybridized carbons (Fsp3) is 0.692. The number of halogens is 1. The van der Waals surface area contributed by atoms with Crippen molar-refractivity contribution in [3.05, 3.63) is 31.6 Å². The topological polar surface area (TPSA) is 54.9 Å². The van der Waals surface area contributed by atoms with Crippen LogP contribution in [0.2, 0.25) is 5.15 Å². The van der Waals surface area contributed by atoms with Crippen molar-refractivity contribution in [1.29, 1.82) is 0 Å². The second-order valence-electron chi connectivity index (χ2n) is 4.83. The first-order valence-electron chi connectivity index (χ1n) is 6.51. The molecule has 0 aliphatic carbocycles. The Morgan fingerprint density at radius 2 is 1.89 bits per heavy atom. The Morgan fingerprint density at radius 1 is 1.22 bits per heavy atom. The molecule has 0 atom stereocenters. The lowest BCUT2D eigenvalue weighted by molar-refractivity contribution is 0.543. The Kier molecular flexibility index (Phi) is 5.66. The summed E-state index contributed by atoms with van der Waals surface area (Å²) in [5.74, 6) is 0.00346. The fourth-order valence-electron chi connectivity index (χ4n) is 1.96. The SMILES string of the molecule is CCCCCCn1c(=O)[nH]c(Cl)c(C(C)C)c1=O. The van der Waals surface area contributed by atoms with Gasteiger partial charge in [-0.2, -0.15) is 0 Å². The molecule has 1 aromatic rings. The van der Waals surface area contributed by atoms with Gasteiger partial charge in [0.25, 0.3) is 5.56 Å². The molecule has 0 aliphatic rings. The maximum atomic E-state index is 12.2. The number of aromatic amines is 1. The molecule has 0 unspecified atom stereocenters. The number of nitrogens with zero attached hydrogens (tertiary/aromatic N) is 1.